The van der Waals surface area contributed by atoms with E-state index >= 15 is 0 Å². The van der Waals surface area contributed by atoms with Gasteiger partial charge in [0.2, 0.25) is 0 Å². The second-order valence-corrected chi connectivity index (χ2v) is 8.67. The molecule has 0 saturated carbocycles. The standard InChI is InChI=1S/C23H20N2O4S2/c1-13-4-6-14(7-5-13)16-11-30-22-20(16)21(27)24-23(25-22)31-12-17(26)15-8-9-18(28-2)19(10-15)29-3/h4-11H,12H2,1-3H3,(H,24,25,27). The zero-order valence-electron chi connectivity index (χ0n) is 17.2. The van der Waals surface area contributed by atoms with Gasteiger partial charge in [0.15, 0.2) is 22.4 Å². The zero-order valence-corrected chi connectivity index (χ0v) is 18.9. The van der Waals surface area contributed by atoms with Gasteiger partial charge in [-0.05, 0) is 30.7 Å². The Morgan fingerprint density at radius 2 is 1.84 bits per heavy atom. The van der Waals surface area contributed by atoms with Crippen LogP contribution in [0.1, 0.15) is 15.9 Å². The Labute approximate surface area is 187 Å². The molecule has 1 N–H and O–H groups in total. The molecule has 0 amide bonds. The van der Waals surface area contributed by atoms with E-state index in [0.717, 1.165) is 16.7 Å². The van der Waals surface area contributed by atoms with Crippen molar-refractivity contribution in [1.29, 1.82) is 0 Å². The highest BCUT2D eigenvalue weighted by Crippen LogP contribution is 2.32. The summed E-state index contributed by atoms with van der Waals surface area (Å²) >= 11 is 2.62. The molecule has 2 heterocycles. The lowest BCUT2D eigenvalue weighted by molar-refractivity contribution is 0.102. The fourth-order valence-corrected chi connectivity index (χ4v) is 4.93. The molecule has 4 aromatic rings. The summed E-state index contributed by atoms with van der Waals surface area (Å²) in [5, 5.41) is 2.94. The molecule has 0 aliphatic carbocycles. The van der Waals surface area contributed by atoms with Gasteiger partial charge in [0.25, 0.3) is 5.56 Å². The van der Waals surface area contributed by atoms with Gasteiger partial charge in [-0.2, -0.15) is 0 Å². The normalized spacial score (nSPS) is 10.9. The first-order valence-corrected chi connectivity index (χ1v) is 11.3. The first kappa shape index (κ1) is 21.1. The third kappa shape index (κ3) is 4.35. The van der Waals surface area contributed by atoms with E-state index in [0.29, 0.717) is 32.4 Å². The topological polar surface area (TPSA) is 81.3 Å². The van der Waals surface area contributed by atoms with Gasteiger partial charge in [0, 0.05) is 16.5 Å². The van der Waals surface area contributed by atoms with Crippen LogP contribution in [0.4, 0.5) is 0 Å². The van der Waals surface area contributed by atoms with Gasteiger partial charge < -0.3 is 14.5 Å². The Hall–Kier alpha value is -3.10. The Morgan fingerprint density at radius 1 is 1.10 bits per heavy atom. The number of hydrogen-bond acceptors (Lipinski definition) is 7. The molecule has 6 nitrogen and oxygen atoms in total. The number of nitrogens with zero attached hydrogens (tertiary/aromatic N) is 1. The maximum atomic E-state index is 12.8. The van der Waals surface area contributed by atoms with Crippen LogP contribution in [0.5, 0.6) is 11.5 Å². The van der Waals surface area contributed by atoms with Crippen LogP contribution in [0.3, 0.4) is 0 Å². The predicted octanol–water partition coefficient (Wildman–Crippen LogP) is 4.95. The molecule has 2 aromatic carbocycles. The molecule has 158 valence electrons. The number of carbonyl (C=O) groups is 1. The molecule has 4 rings (SSSR count). The Kier molecular flexibility index (Phi) is 6.11. The lowest BCUT2D eigenvalue weighted by atomic mass is 10.1. The number of thioether (sulfide) groups is 1. The van der Waals surface area contributed by atoms with Crippen molar-refractivity contribution in [3.05, 3.63) is 69.3 Å². The van der Waals surface area contributed by atoms with E-state index in [4.69, 9.17) is 9.47 Å². The van der Waals surface area contributed by atoms with Crippen LogP contribution in [-0.2, 0) is 0 Å². The summed E-state index contributed by atoms with van der Waals surface area (Å²) in [5.41, 5.74) is 3.31. The van der Waals surface area contributed by atoms with Crippen LogP contribution in [0.2, 0.25) is 0 Å². The van der Waals surface area contributed by atoms with Gasteiger partial charge in [-0.3, -0.25) is 9.59 Å². The van der Waals surface area contributed by atoms with E-state index in [2.05, 4.69) is 9.97 Å². The lowest BCUT2D eigenvalue weighted by Gasteiger charge is -2.09. The quantitative estimate of drug-likeness (QED) is 0.243. The molecule has 2 aromatic heterocycles. The summed E-state index contributed by atoms with van der Waals surface area (Å²) in [5.74, 6) is 1.10. The van der Waals surface area contributed by atoms with E-state index in [9.17, 15) is 9.59 Å². The fraction of sp³-hybridized carbons (Fsp3) is 0.174. The Balaban J connectivity index is 1.55. The maximum Gasteiger partial charge on any atom is 0.260 e. The number of aromatic amines is 1. The number of H-pyrrole nitrogens is 1. The number of ketones is 1. The second kappa shape index (κ2) is 8.95. The zero-order chi connectivity index (χ0) is 22.0. The summed E-state index contributed by atoms with van der Waals surface area (Å²) in [7, 11) is 3.07. The second-order valence-electron chi connectivity index (χ2n) is 6.85. The summed E-state index contributed by atoms with van der Waals surface area (Å²) in [6, 6.07) is 13.1. The van der Waals surface area contributed by atoms with Gasteiger partial charge in [-0.1, -0.05) is 41.6 Å². The van der Waals surface area contributed by atoms with E-state index in [1.807, 2.05) is 36.6 Å². The Morgan fingerprint density at radius 3 is 2.55 bits per heavy atom. The third-order valence-electron chi connectivity index (χ3n) is 4.83. The van der Waals surface area contributed by atoms with Crippen molar-refractivity contribution in [1.82, 2.24) is 9.97 Å². The highest BCUT2D eigenvalue weighted by molar-refractivity contribution is 7.99. The molecule has 0 aliphatic heterocycles. The van der Waals surface area contributed by atoms with Crippen molar-refractivity contribution in [2.45, 2.75) is 12.1 Å². The highest BCUT2D eigenvalue weighted by atomic mass is 32.2. The number of methoxy groups -OCH3 is 2. The number of aromatic nitrogens is 2. The van der Waals surface area contributed by atoms with Crippen molar-refractivity contribution < 1.29 is 14.3 Å². The van der Waals surface area contributed by atoms with Crippen LogP contribution in [0.25, 0.3) is 21.3 Å². The van der Waals surface area contributed by atoms with E-state index in [-0.39, 0.29) is 17.1 Å². The molecule has 8 heteroatoms. The molecule has 0 spiro atoms. The minimum absolute atomic E-state index is 0.0970. The lowest BCUT2D eigenvalue weighted by Crippen LogP contribution is -2.10. The fourth-order valence-electron chi connectivity index (χ4n) is 3.17. The summed E-state index contributed by atoms with van der Waals surface area (Å²) in [6.45, 7) is 2.02. The SMILES string of the molecule is COc1ccc(C(=O)CSc2nc3scc(-c4ccc(C)cc4)c3c(=O)[nH]2)cc1OC. The van der Waals surface area contributed by atoms with Gasteiger partial charge >= 0.3 is 0 Å². The monoisotopic (exact) mass is 452 g/mol. The first-order chi connectivity index (χ1) is 15.0. The van der Waals surface area contributed by atoms with Crippen molar-refractivity contribution >= 4 is 39.1 Å². The smallest absolute Gasteiger partial charge is 0.260 e. The molecular formula is C23H20N2O4S2. The van der Waals surface area contributed by atoms with Crippen molar-refractivity contribution in [3.63, 3.8) is 0 Å². The number of rotatable bonds is 7. The number of thiophene rings is 1. The Bertz CT molecular complexity index is 1310. The largest absolute Gasteiger partial charge is 0.493 e. The van der Waals surface area contributed by atoms with Gasteiger partial charge in [-0.25, -0.2) is 4.98 Å². The van der Waals surface area contributed by atoms with Crippen molar-refractivity contribution in [2.24, 2.45) is 0 Å². The molecule has 0 unspecified atom stereocenters. The van der Waals surface area contributed by atoms with Crippen LogP contribution < -0.4 is 15.0 Å². The van der Waals surface area contributed by atoms with Crippen LogP contribution in [0.15, 0.2) is 57.8 Å². The van der Waals surface area contributed by atoms with E-state index in [1.165, 1.54) is 30.2 Å². The van der Waals surface area contributed by atoms with E-state index in [1.54, 1.807) is 25.3 Å². The number of ether oxygens (including phenoxy) is 2. The molecule has 0 atom stereocenters. The number of Topliss-reactive ketones (excluding diaryl/α,β-unsaturated/α-hetero) is 1. The van der Waals surface area contributed by atoms with Gasteiger partial charge in [0.1, 0.15) is 4.83 Å². The minimum Gasteiger partial charge on any atom is -0.493 e. The number of benzene rings is 2. The van der Waals surface area contributed by atoms with Crippen LogP contribution in [0, 0.1) is 6.92 Å². The molecule has 0 saturated heterocycles. The van der Waals surface area contributed by atoms with Gasteiger partial charge in [0.05, 0.1) is 25.4 Å². The van der Waals surface area contributed by atoms with Crippen LogP contribution in [-0.4, -0.2) is 35.7 Å². The summed E-state index contributed by atoms with van der Waals surface area (Å²) in [6.07, 6.45) is 0. The van der Waals surface area contributed by atoms with Crippen LogP contribution >= 0.6 is 23.1 Å². The number of carbonyl (C=O) groups excluding carboxylic acids is 1. The maximum absolute atomic E-state index is 12.8. The molecule has 0 bridgehead atoms. The first-order valence-electron chi connectivity index (χ1n) is 9.46. The molecule has 0 aliphatic rings. The number of fused-ring (bicyclic) bond motifs is 1. The number of aryl methyl sites for hydroxylation is 1. The average Bonchev–Trinajstić information content (AvgIpc) is 3.22. The number of hydrogen-bond donors (Lipinski definition) is 1. The molecule has 0 fully saturated rings. The van der Waals surface area contributed by atoms with Gasteiger partial charge in [-0.15, -0.1) is 11.3 Å². The average molecular weight is 453 g/mol. The number of nitrogens with one attached hydrogen (secondary N) is 1. The predicted molar refractivity (Wildman–Crippen MR) is 125 cm³/mol. The summed E-state index contributed by atoms with van der Waals surface area (Å²) < 4.78 is 10.5. The third-order valence-corrected chi connectivity index (χ3v) is 6.58. The van der Waals surface area contributed by atoms with E-state index < -0.39 is 0 Å². The molecule has 0 radical (unpaired) electrons. The minimum atomic E-state index is -0.206. The molecular weight excluding hydrogens is 432 g/mol. The van der Waals surface area contributed by atoms with Crippen molar-refractivity contribution in [3.8, 4) is 22.6 Å². The highest BCUT2D eigenvalue weighted by Gasteiger charge is 2.15. The summed E-state index contributed by atoms with van der Waals surface area (Å²) in [4.78, 5) is 33.4. The van der Waals surface area contributed by atoms with Crippen molar-refractivity contribution in [2.75, 3.05) is 20.0 Å². The molecule has 31 heavy (non-hydrogen) atoms.